The van der Waals surface area contributed by atoms with Gasteiger partial charge in [-0.05, 0) is 22.0 Å². The number of aromatic nitrogens is 3. The largest absolute Gasteiger partial charge is 0.348 e. The number of H-pyrrole nitrogens is 1. The highest BCUT2D eigenvalue weighted by molar-refractivity contribution is 9.10. The van der Waals surface area contributed by atoms with E-state index in [1.54, 1.807) is 6.20 Å². The van der Waals surface area contributed by atoms with Crippen LogP contribution in [0.2, 0.25) is 0 Å². The zero-order valence-electron chi connectivity index (χ0n) is 11.6. The number of rotatable bonds is 3. The summed E-state index contributed by atoms with van der Waals surface area (Å²) in [5, 5.41) is 5.09. The van der Waals surface area contributed by atoms with Gasteiger partial charge < -0.3 is 10.3 Å². The van der Waals surface area contributed by atoms with Gasteiger partial charge in [-0.1, -0.05) is 0 Å². The Morgan fingerprint density at radius 3 is 2.87 bits per heavy atom. The van der Waals surface area contributed by atoms with Gasteiger partial charge in [0.25, 0.3) is 5.92 Å². The van der Waals surface area contributed by atoms with Gasteiger partial charge in [-0.3, -0.25) is 10.1 Å². The maximum atomic E-state index is 13.0. The van der Waals surface area contributed by atoms with Crippen LogP contribution in [0.15, 0.2) is 16.7 Å². The van der Waals surface area contributed by atoms with Gasteiger partial charge in [0.2, 0.25) is 5.91 Å². The molecular weight excluding hydrogens is 419 g/mol. The summed E-state index contributed by atoms with van der Waals surface area (Å²) in [5.74, 6) is -2.76. The lowest BCUT2D eigenvalue weighted by atomic mass is 10.2. The lowest BCUT2D eigenvalue weighted by Gasteiger charge is -2.10. The molecule has 0 spiro atoms. The number of carbonyl (C=O) groups is 1. The van der Waals surface area contributed by atoms with Gasteiger partial charge >= 0.3 is 0 Å². The summed E-state index contributed by atoms with van der Waals surface area (Å²) in [6.45, 7) is -0.329. The van der Waals surface area contributed by atoms with Crippen molar-refractivity contribution in [2.75, 3.05) is 6.54 Å². The fourth-order valence-electron chi connectivity index (χ4n) is 2.20. The molecule has 2 aromatic rings. The fraction of sp³-hybridized carbons (Fsp3) is 0.417. The van der Waals surface area contributed by atoms with Crippen LogP contribution in [0.5, 0.6) is 0 Å². The Kier molecular flexibility index (Phi) is 6.70. The van der Waals surface area contributed by atoms with E-state index < -0.39 is 30.8 Å². The Morgan fingerprint density at radius 2 is 2.22 bits per heavy atom. The number of amides is 1. The highest BCUT2D eigenvalue weighted by Crippen LogP contribution is 2.25. The molecule has 1 amide bonds. The lowest BCUT2D eigenvalue weighted by Crippen LogP contribution is -2.40. The van der Waals surface area contributed by atoms with Gasteiger partial charge in [0.15, 0.2) is 5.65 Å². The van der Waals surface area contributed by atoms with E-state index >= 15 is 0 Å². The predicted molar refractivity (Wildman–Crippen MR) is 89.3 cm³/mol. The summed E-state index contributed by atoms with van der Waals surface area (Å²) < 4.78 is 26.9. The molecule has 1 saturated heterocycles. The third-order valence-electron chi connectivity index (χ3n) is 3.21. The molecule has 3 N–H and O–H groups in total. The molecule has 0 radical (unpaired) electrons. The Bertz CT molecular complexity index is 699. The number of hydrogen-bond acceptors (Lipinski definition) is 4. The van der Waals surface area contributed by atoms with Crippen molar-refractivity contribution in [1.29, 1.82) is 0 Å². The van der Waals surface area contributed by atoms with E-state index in [2.05, 4.69) is 41.5 Å². The molecule has 0 aliphatic carbocycles. The first kappa shape index (κ1) is 20.0. The Hall–Kier alpha value is -1.03. The van der Waals surface area contributed by atoms with Crippen molar-refractivity contribution in [3.8, 4) is 0 Å². The van der Waals surface area contributed by atoms with Crippen LogP contribution in [-0.2, 0) is 11.3 Å². The number of carbonyl (C=O) groups excluding carboxylic acids is 1. The minimum absolute atomic E-state index is 0. The van der Waals surface area contributed by atoms with Crippen LogP contribution in [0.4, 0.5) is 8.78 Å². The fourth-order valence-corrected chi connectivity index (χ4v) is 2.53. The molecule has 3 rings (SSSR count). The molecule has 3 heterocycles. The Balaban J connectivity index is 0.00000132. The number of nitrogens with one attached hydrogen (secondary N) is 3. The van der Waals surface area contributed by atoms with Crippen LogP contribution in [-0.4, -0.2) is 39.4 Å². The minimum atomic E-state index is -2.82. The molecule has 6 nitrogen and oxygen atoms in total. The van der Waals surface area contributed by atoms with Crippen LogP contribution in [0.25, 0.3) is 11.2 Å². The smallest absolute Gasteiger partial charge is 0.262 e. The van der Waals surface area contributed by atoms with Gasteiger partial charge in [0.05, 0.1) is 24.6 Å². The molecule has 0 saturated carbocycles. The average molecular weight is 433 g/mol. The van der Waals surface area contributed by atoms with Crippen molar-refractivity contribution in [2.45, 2.75) is 24.9 Å². The molecule has 1 aliphatic rings. The summed E-state index contributed by atoms with van der Waals surface area (Å²) in [4.78, 5) is 23.1. The second-order valence-corrected chi connectivity index (χ2v) is 5.84. The summed E-state index contributed by atoms with van der Waals surface area (Å²) >= 11 is 3.30. The summed E-state index contributed by atoms with van der Waals surface area (Å²) in [5.41, 5.74) is 1.27. The summed E-state index contributed by atoms with van der Waals surface area (Å²) in [7, 11) is 0. The number of halogens is 5. The van der Waals surface area contributed by atoms with Gasteiger partial charge in [0, 0.05) is 17.1 Å². The molecule has 1 aliphatic heterocycles. The van der Waals surface area contributed by atoms with Gasteiger partial charge in [-0.25, -0.2) is 18.7 Å². The molecule has 23 heavy (non-hydrogen) atoms. The van der Waals surface area contributed by atoms with E-state index in [0.29, 0.717) is 11.5 Å². The first-order valence-electron chi connectivity index (χ1n) is 6.32. The van der Waals surface area contributed by atoms with Gasteiger partial charge in [-0.2, -0.15) is 0 Å². The molecule has 0 aromatic carbocycles. The van der Waals surface area contributed by atoms with Crippen LogP contribution in [0, 0.1) is 0 Å². The van der Waals surface area contributed by atoms with Crippen molar-refractivity contribution in [1.82, 2.24) is 25.6 Å². The number of fused-ring (bicyclic) bond motifs is 1. The van der Waals surface area contributed by atoms with E-state index in [9.17, 15) is 13.6 Å². The van der Waals surface area contributed by atoms with Crippen LogP contribution < -0.4 is 10.6 Å². The second-order valence-electron chi connectivity index (χ2n) is 4.92. The number of nitrogens with zero attached hydrogens (tertiary/aromatic N) is 2. The number of pyridine rings is 1. The highest BCUT2D eigenvalue weighted by Gasteiger charge is 2.42. The molecule has 2 aromatic heterocycles. The van der Waals surface area contributed by atoms with Gasteiger partial charge in [-0.15, -0.1) is 24.8 Å². The predicted octanol–water partition coefficient (Wildman–Crippen LogP) is 2.18. The normalized spacial score (nSPS) is 19.0. The molecule has 0 bridgehead atoms. The first-order valence-corrected chi connectivity index (χ1v) is 7.11. The van der Waals surface area contributed by atoms with Crippen LogP contribution >= 0.6 is 40.7 Å². The highest BCUT2D eigenvalue weighted by atomic mass is 79.9. The van der Waals surface area contributed by atoms with E-state index in [4.69, 9.17) is 0 Å². The Morgan fingerprint density at radius 1 is 1.48 bits per heavy atom. The third kappa shape index (κ3) is 4.72. The zero-order chi connectivity index (χ0) is 15.0. The molecule has 11 heteroatoms. The number of hydrogen-bond donors (Lipinski definition) is 3. The van der Waals surface area contributed by atoms with E-state index in [1.807, 2.05) is 6.07 Å². The second kappa shape index (κ2) is 7.69. The summed E-state index contributed by atoms with van der Waals surface area (Å²) in [6.07, 6.45) is 1.14. The molecule has 1 unspecified atom stereocenters. The monoisotopic (exact) mass is 431 g/mol. The quantitative estimate of drug-likeness (QED) is 0.694. The van der Waals surface area contributed by atoms with Crippen molar-refractivity contribution in [3.05, 3.63) is 22.6 Å². The SMILES string of the molecule is Cl.Cl.O=C(NCc1nc2ncc(Br)cc2[nH]1)C1CC(F)(F)CN1. The number of imidazole rings is 1. The lowest BCUT2D eigenvalue weighted by molar-refractivity contribution is -0.123. The molecule has 1 fully saturated rings. The standard InChI is InChI=1S/C12H12BrF2N5O.2ClH/c13-6-1-7-10(16-3-6)20-9(19-7)4-17-11(21)8-2-12(14,15)5-18-8;;/h1,3,8,18H,2,4-5H2,(H,17,21)(H,16,19,20);2*1H. The molecule has 1 atom stereocenters. The van der Waals surface area contributed by atoms with Gasteiger partial charge in [0.1, 0.15) is 5.82 Å². The van der Waals surface area contributed by atoms with Crippen molar-refractivity contribution in [2.24, 2.45) is 0 Å². The first-order chi connectivity index (χ1) is 9.93. The van der Waals surface area contributed by atoms with E-state index in [-0.39, 0.29) is 31.4 Å². The maximum absolute atomic E-state index is 13.0. The van der Waals surface area contributed by atoms with Crippen molar-refractivity contribution >= 4 is 57.8 Å². The third-order valence-corrected chi connectivity index (χ3v) is 3.64. The molecular formula is C12H14BrCl2F2N5O. The molecule has 128 valence electrons. The zero-order valence-corrected chi connectivity index (χ0v) is 14.8. The van der Waals surface area contributed by atoms with E-state index in [0.717, 1.165) is 9.99 Å². The minimum Gasteiger partial charge on any atom is -0.348 e. The van der Waals surface area contributed by atoms with Crippen molar-refractivity contribution in [3.63, 3.8) is 0 Å². The van der Waals surface area contributed by atoms with Crippen LogP contribution in [0.1, 0.15) is 12.2 Å². The number of alkyl halides is 2. The topological polar surface area (TPSA) is 82.7 Å². The Labute approximate surface area is 151 Å². The van der Waals surface area contributed by atoms with E-state index in [1.165, 1.54) is 0 Å². The number of aromatic amines is 1. The van der Waals surface area contributed by atoms with Crippen molar-refractivity contribution < 1.29 is 13.6 Å². The average Bonchev–Trinajstić information content (AvgIpc) is 2.98. The summed E-state index contributed by atoms with van der Waals surface area (Å²) in [6, 6.07) is 0.955. The van der Waals surface area contributed by atoms with Crippen LogP contribution in [0.3, 0.4) is 0 Å². The maximum Gasteiger partial charge on any atom is 0.262 e.